The van der Waals surface area contributed by atoms with Gasteiger partial charge in [0.1, 0.15) is 11.9 Å². The minimum atomic E-state index is -0.191. The number of halogens is 1. The van der Waals surface area contributed by atoms with Gasteiger partial charge in [-0.1, -0.05) is 11.6 Å². The minimum Gasteiger partial charge on any atom is -0.489 e. The Morgan fingerprint density at radius 2 is 2.13 bits per heavy atom. The first kappa shape index (κ1) is 10.5. The zero-order chi connectivity index (χ0) is 10.7. The molecule has 1 saturated heterocycles. The Hall–Kier alpha value is -1.00. The molecule has 0 radical (unpaired) electrons. The largest absolute Gasteiger partial charge is 0.489 e. The number of piperidine rings is 1. The minimum absolute atomic E-state index is 0.158. The molecule has 1 aromatic rings. The van der Waals surface area contributed by atoms with Gasteiger partial charge in [-0.15, -0.1) is 0 Å². The van der Waals surface area contributed by atoms with Crippen molar-refractivity contribution >= 4 is 11.6 Å². The molecule has 82 valence electrons. The number of hydrogen-bond acceptors (Lipinski definition) is 3. The molecular formula is C10H13ClN2O2. The van der Waals surface area contributed by atoms with Crippen LogP contribution in [0.5, 0.6) is 5.75 Å². The average Bonchev–Trinajstić information content (AvgIpc) is 2.25. The van der Waals surface area contributed by atoms with Crippen LogP contribution in [0.2, 0.25) is 5.02 Å². The van der Waals surface area contributed by atoms with Crippen molar-refractivity contribution in [2.24, 2.45) is 0 Å². The van der Waals surface area contributed by atoms with Crippen molar-refractivity contribution in [1.29, 1.82) is 0 Å². The number of nitrogens with one attached hydrogen (secondary N) is 2. The SMILES string of the molecule is O=c1cc(OC2CCNCC2)c(Cl)c[nH]1. The van der Waals surface area contributed by atoms with Crippen molar-refractivity contribution in [2.45, 2.75) is 18.9 Å². The molecule has 2 N–H and O–H groups in total. The van der Waals surface area contributed by atoms with Crippen LogP contribution >= 0.6 is 11.6 Å². The van der Waals surface area contributed by atoms with Crippen LogP contribution < -0.4 is 15.6 Å². The second kappa shape index (κ2) is 4.68. The summed E-state index contributed by atoms with van der Waals surface area (Å²) in [5.41, 5.74) is -0.191. The fourth-order valence-corrected chi connectivity index (χ4v) is 1.77. The summed E-state index contributed by atoms with van der Waals surface area (Å²) in [4.78, 5) is 13.6. The Bertz CT molecular complexity index is 385. The van der Waals surface area contributed by atoms with Gasteiger partial charge >= 0.3 is 0 Å². The van der Waals surface area contributed by atoms with Gasteiger partial charge in [-0.2, -0.15) is 0 Å². The average molecular weight is 229 g/mol. The first-order valence-electron chi connectivity index (χ1n) is 5.01. The van der Waals surface area contributed by atoms with E-state index in [1.54, 1.807) is 0 Å². The van der Waals surface area contributed by atoms with Gasteiger partial charge in [0.25, 0.3) is 5.56 Å². The highest BCUT2D eigenvalue weighted by molar-refractivity contribution is 6.31. The lowest BCUT2D eigenvalue weighted by molar-refractivity contribution is 0.162. The Labute approximate surface area is 92.6 Å². The van der Waals surface area contributed by atoms with Gasteiger partial charge in [-0.25, -0.2) is 0 Å². The van der Waals surface area contributed by atoms with Crippen LogP contribution in [0.25, 0.3) is 0 Å². The van der Waals surface area contributed by atoms with Crippen LogP contribution in [-0.4, -0.2) is 24.2 Å². The number of aromatic amines is 1. The van der Waals surface area contributed by atoms with Crippen molar-refractivity contribution < 1.29 is 4.74 Å². The number of H-pyrrole nitrogens is 1. The van der Waals surface area contributed by atoms with Gasteiger partial charge in [-0.3, -0.25) is 4.79 Å². The standard InChI is InChI=1S/C10H13ClN2O2/c11-8-6-13-10(14)5-9(8)15-7-1-3-12-4-2-7/h5-7,12H,1-4H2,(H,13,14). The van der Waals surface area contributed by atoms with E-state index in [0.717, 1.165) is 25.9 Å². The number of rotatable bonds is 2. The molecule has 1 aromatic heterocycles. The molecule has 0 atom stereocenters. The van der Waals surface area contributed by atoms with Gasteiger partial charge < -0.3 is 15.0 Å². The van der Waals surface area contributed by atoms with Crippen LogP contribution in [0.1, 0.15) is 12.8 Å². The van der Waals surface area contributed by atoms with Gasteiger partial charge in [0.15, 0.2) is 0 Å². The lowest BCUT2D eigenvalue weighted by Gasteiger charge is -2.23. The normalized spacial score (nSPS) is 17.7. The number of pyridine rings is 1. The summed E-state index contributed by atoms with van der Waals surface area (Å²) in [5, 5.41) is 3.70. The van der Waals surface area contributed by atoms with E-state index < -0.39 is 0 Å². The van der Waals surface area contributed by atoms with E-state index in [9.17, 15) is 4.79 Å². The third-order valence-corrected chi connectivity index (χ3v) is 2.71. The molecule has 0 aliphatic carbocycles. The molecule has 0 spiro atoms. The molecule has 0 unspecified atom stereocenters. The molecule has 1 aliphatic heterocycles. The van der Waals surface area contributed by atoms with Crippen molar-refractivity contribution in [2.75, 3.05) is 13.1 Å². The van der Waals surface area contributed by atoms with Crippen molar-refractivity contribution in [3.63, 3.8) is 0 Å². The van der Waals surface area contributed by atoms with Crippen molar-refractivity contribution in [1.82, 2.24) is 10.3 Å². The Morgan fingerprint density at radius 1 is 1.40 bits per heavy atom. The van der Waals surface area contributed by atoms with Crippen LogP contribution in [0.4, 0.5) is 0 Å². The van der Waals surface area contributed by atoms with E-state index in [1.807, 2.05) is 0 Å². The molecule has 1 aliphatic rings. The molecule has 2 heterocycles. The molecule has 4 nitrogen and oxygen atoms in total. The first-order chi connectivity index (χ1) is 7.25. The summed E-state index contributed by atoms with van der Waals surface area (Å²) in [7, 11) is 0. The molecule has 15 heavy (non-hydrogen) atoms. The van der Waals surface area contributed by atoms with Crippen LogP contribution in [-0.2, 0) is 0 Å². The molecule has 0 aromatic carbocycles. The van der Waals surface area contributed by atoms with E-state index >= 15 is 0 Å². The van der Waals surface area contributed by atoms with Gasteiger partial charge in [-0.05, 0) is 25.9 Å². The second-order valence-corrected chi connectivity index (χ2v) is 3.98. The fourth-order valence-electron chi connectivity index (χ4n) is 1.62. The highest BCUT2D eigenvalue weighted by atomic mass is 35.5. The monoisotopic (exact) mass is 228 g/mol. The van der Waals surface area contributed by atoms with E-state index in [0.29, 0.717) is 10.8 Å². The third-order valence-electron chi connectivity index (χ3n) is 2.42. The molecule has 1 fully saturated rings. The van der Waals surface area contributed by atoms with E-state index in [1.165, 1.54) is 12.3 Å². The van der Waals surface area contributed by atoms with E-state index in [2.05, 4.69) is 10.3 Å². The van der Waals surface area contributed by atoms with Crippen LogP contribution in [0.15, 0.2) is 17.1 Å². The Morgan fingerprint density at radius 3 is 2.87 bits per heavy atom. The molecule has 0 bridgehead atoms. The first-order valence-corrected chi connectivity index (χ1v) is 5.39. The molecule has 0 amide bonds. The molecule has 0 saturated carbocycles. The second-order valence-electron chi connectivity index (χ2n) is 3.58. The van der Waals surface area contributed by atoms with Crippen LogP contribution in [0, 0.1) is 0 Å². The smallest absolute Gasteiger partial charge is 0.251 e. The summed E-state index contributed by atoms with van der Waals surface area (Å²) >= 11 is 5.90. The highest BCUT2D eigenvalue weighted by Crippen LogP contribution is 2.23. The Balaban J connectivity index is 2.08. The maximum Gasteiger partial charge on any atom is 0.251 e. The molecular weight excluding hydrogens is 216 g/mol. The van der Waals surface area contributed by atoms with Gasteiger partial charge in [0, 0.05) is 12.3 Å². The lowest BCUT2D eigenvalue weighted by Crippen LogP contribution is -2.34. The molecule has 5 heteroatoms. The number of hydrogen-bond donors (Lipinski definition) is 2. The van der Waals surface area contributed by atoms with Crippen molar-refractivity contribution in [3.8, 4) is 5.75 Å². The van der Waals surface area contributed by atoms with Crippen molar-refractivity contribution in [3.05, 3.63) is 27.6 Å². The predicted octanol–water partition coefficient (Wildman–Crippen LogP) is 1.16. The summed E-state index contributed by atoms with van der Waals surface area (Å²) in [6.07, 6.45) is 3.51. The molecule has 2 rings (SSSR count). The predicted molar refractivity (Wildman–Crippen MR) is 58.6 cm³/mol. The quantitative estimate of drug-likeness (QED) is 0.799. The van der Waals surface area contributed by atoms with E-state index in [-0.39, 0.29) is 11.7 Å². The number of ether oxygens (including phenoxy) is 1. The van der Waals surface area contributed by atoms with Gasteiger partial charge in [0.05, 0.1) is 5.02 Å². The van der Waals surface area contributed by atoms with Gasteiger partial charge in [0.2, 0.25) is 0 Å². The topological polar surface area (TPSA) is 54.1 Å². The fraction of sp³-hybridized carbons (Fsp3) is 0.500. The zero-order valence-corrected chi connectivity index (χ0v) is 9.01. The maximum absolute atomic E-state index is 11.1. The van der Waals surface area contributed by atoms with Crippen LogP contribution in [0.3, 0.4) is 0 Å². The summed E-state index contributed by atoms with van der Waals surface area (Å²) in [5.74, 6) is 0.479. The zero-order valence-electron chi connectivity index (χ0n) is 8.25. The lowest BCUT2D eigenvalue weighted by atomic mass is 10.1. The third kappa shape index (κ3) is 2.73. The maximum atomic E-state index is 11.1. The van der Waals surface area contributed by atoms with E-state index in [4.69, 9.17) is 16.3 Å². The number of aromatic nitrogens is 1. The summed E-state index contributed by atoms with van der Waals surface area (Å²) < 4.78 is 5.67. The summed E-state index contributed by atoms with van der Waals surface area (Å²) in [6.45, 7) is 1.90. The Kier molecular flexibility index (Phi) is 3.28. The summed E-state index contributed by atoms with van der Waals surface area (Å²) in [6, 6.07) is 1.39. The highest BCUT2D eigenvalue weighted by Gasteiger charge is 2.15.